The van der Waals surface area contributed by atoms with E-state index >= 15 is 0 Å². The Morgan fingerprint density at radius 3 is 2.78 bits per heavy atom. The zero-order chi connectivity index (χ0) is 16.0. The number of rotatable bonds is 3. The zero-order valence-electron chi connectivity index (χ0n) is 12.1. The minimum absolute atomic E-state index is 0.0917. The predicted molar refractivity (Wildman–Crippen MR) is 82.1 cm³/mol. The molecule has 1 aliphatic rings. The molecule has 2 heterocycles. The van der Waals surface area contributed by atoms with Crippen LogP contribution in [0.2, 0.25) is 0 Å². The van der Waals surface area contributed by atoms with Gasteiger partial charge in [0.05, 0.1) is 10.6 Å². The van der Waals surface area contributed by atoms with Gasteiger partial charge in [0.2, 0.25) is 6.79 Å². The third-order valence-electron chi connectivity index (χ3n) is 3.40. The summed E-state index contributed by atoms with van der Waals surface area (Å²) in [5.41, 5.74) is 1.60. The van der Waals surface area contributed by atoms with Crippen LogP contribution in [-0.2, 0) is 10.0 Å². The molecule has 4 rings (SSSR count). The van der Waals surface area contributed by atoms with Crippen LogP contribution in [-0.4, -0.2) is 20.2 Å². The molecule has 0 spiro atoms. The highest BCUT2D eigenvalue weighted by atomic mass is 32.2. The SMILES string of the molecule is Cc1nc2cc(NS(=O)(=O)c3ccc4c(c3)OCO4)ccc2o1. The molecule has 0 radical (unpaired) electrons. The van der Waals surface area contributed by atoms with Crippen LogP contribution >= 0.6 is 0 Å². The van der Waals surface area contributed by atoms with Crippen LogP contribution in [0.3, 0.4) is 0 Å². The minimum Gasteiger partial charge on any atom is -0.454 e. The fourth-order valence-corrected chi connectivity index (χ4v) is 3.43. The molecular weight excluding hydrogens is 320 g/mol. The number of aryl methyl sites for hydroxylation is 1. The average molecular weight is 332 g/mol. The van der Waals surface area contributed by atoms with Gasteiger partial charge in [-0.1, -0.05) is 0 Å². The van der Waals surface area contributed by atoms with E-state index in [9.17, 15) is 8.42 Å². The summed E-state index contributed by atoms with van der Waals surface area (Å²) in [6.07, 6.45) is 0. The Bertz CT molecular complexity index is 1010. The molecule has 8 heteroatoms. The number of hydrogen-bond donors (Lipinski definition) is 1. The van der Waals surface area contributed by atoms with E-state index in [0.29, 0.717) is 34.2 Å². The molecule has 0 saturated heterocycles. The topological polar surface area (TPSA) is 90.7 Å². The van der Waals surface area contributed by atoms with Gasteiger partial charge in [-0.05, 0) is 30.3 Å². The highest BCUT2D eigenvalue weighted by Gasteiger charge is 2.20. The van der Waals surface area contributed by atoms with E-state index in [2.05, 4.69) is 9.71 Å². The smallest absolute Gasteiger partial charge is 0.262 e. The maximum Gasteiger partial charge on any atom is 0.262 e. The number of sulfonamides is 1. The van der Waals surface area contributed by atoms with E-state index in [-0.39, 0.29) is 11.7 Å². The van der Waals surface area contributed by atoms with Gasteiger partial charge in [0.25, 0.3) is 10.0 Å². The summed E-state index contributed by atoms with van der Waals surface area (Å²) in [5.74, 6) is 1.47. The van der Waals surface area contributed by atoms with E-state index in [0.717, 1.165) is 0 Å². The summed E-state index contributed by atoms with van der Waals surface area (Å²) in [6.45, 7) is 1.82. The molecule has 0 atom stereocenters. The van der Waals surface area contributed by atoms with E-state index in [1.54, 1.807) is 31.2 Å². The molecule has 1 aliphatic heterocycles. The van der Waals surface area contributed by atoms with Crippen LogP contribution in [0.4, 0.5) is 5.69 Å². The number of nitrogens with one attached hydrogen (secondary N) is 1. The first kappa shape index (κ1) is 13.9. The largest absolute Gasteiger partial charge is 0.454 e. The van der Waals surface area contributed by atoms with Crippen LogP contribution < -0.4 is 14.2 Å². The molecule has 7 nitrogen and oxygen atoms in total. The molecule has 0 unspecified atom stereocenters. The van der Waals surface area contributed by atoms with Gasteiger partial charge < -0.3 is 13.9 Å². The van der Waals surface area contributed by atoms with Gasteiger partial charge in [-0.25, -0.2) is 13.4 Å². The molecule has 1 N–H and O–H groups in total. The number of hydrogen-bond acceptors (Lipinski definition) is 6. The van der Waals surface area contributed by atoms with Crippen molar-refractivity contribution in [3.63, 3.8) is 0 Å². The van der Waals surface area contributed by atoms with Gasteiger partial charge >= 0.3 is 0 Å². The lowest BCUT2D eigenvalue weighted by atomic mass is 10.3. The molecule has 2 aromatic carbocycles. The van der Waals surface area contributed by atoms with Crippen LogP contribution in [0.1, 0.15) is 5.89 Å². The van der Waals surface area contributed by atoms with E-state index in [1.807, 2.05) is 0 Å². The molecule has 0 amide bonds. The Morgan fingerprint density at radius 1 is 1.09 bits per heavy atom. The van der Waals surface area contributed by atoms with Crippen LogP contribution in [0.25, 0.3) is 11.1 Å². The zero-order valence-corrected chi connectivity index (χ0v) is 12.9. The van der Waals surface area contributed by atoms with Gasteiger partial charge in [0.1, 0.15) is 5.52 Å². The summed E-state index contributed by atoms with van der Waals surface area (Å²) in [4.78, 5) is 4.28. The quantitative estimate of drug-likeness (QED) is 0.793. The number of oxazole rings is 1. The Hall–Kier alpha value is -2.74. The summed E-state index contributed by atoms with van der Waals surface area (Å²) in [7, 11) is -3.74. The summed E-state index contributed by atoms with van der Waals surface area (Å²) in [6, 6.07) is 9.39. The number of aromatic nitrogens is 1. The van der Waals surface area contributed by atoms with Crippen LogP contribution in [0.5, 0.6) is 11.5 Å². The van der Waals surface area contributed by atoms with Crippen molar-refractivity contribution in [3.8, 4) is 11.5 Å². The first-order valence-electron chi connectivity index (χ1n) is 6.81. The third-order valence-corrected chi connectivity index (χ3v) is 4.78. The van der Waals surface area contributed by atoms with Crippen molar-refractivity contribution in [1.82, 2.24) is 4.98 Å². The molecule has 3 aromatic rings. The lowest BCUT2D eigenvalue weighted by Crippen LogP contribution is -2.12. The Morgan fingerprint density at radius 2 is 1.91 bits per heavy atom. The molecule has 0 saturated carbocycles. The predicted octanol–water partition coefficient (Wildman–Crippen LogP) is 2.67. The number of ether oxygens (including phenoxy) is 2. The summed E-state index contributed by atoms with van der Waals surface area (Å²) >= 11 is 0. The van der Waals surface area contributed by atoms with Crippen molar-refractivity contribution in [2.24, 2.45) is 0 Å². The van der Waals surface area contributed by atoms with Crippen molar-refractivity contribution in [3.05, 3.63) is 42.3 Å². The first-order chi connectivity index (χ1) is 11.0. The van der Waals surface area contributed by atoms with Crippen molar-refractivity contribution in [1.29, 1.82) is 0 Å². The standard InChI is InChI=1S/C15H12N2O5S/c1-9-16-12-6-10(2-4-13(12)22-9)17-23(18,19)11-3-5-14-15(7-11)21-8-20-14/h2-7,17H,8H2,1H3. The number of fused-ring (bicyclic) bond motifs is 2. The van der Waals surface area contributed by atoms with E-state index in [1.165, 1.54) is 12.1 Å². The van der Waals surface area contributed by atoms with Crippen molar-refractivity contribution in [2.45, 2.75) is 11.8 Å². The second-order valence-electron chi connectivity index (χ2n) is 5.04. The molecule has 0 aliphatic carbocycles. The van der Waals surface area contributed by atoms with E-state index < -0.39 is 10.0 Å². The van der Waals surface area contributed by atoms with Gasteiger partial charge in [0, 0.05) is 13.0 Å². The van der Waals surface area contributed by atoms with Crippen LogP contribution in [0, 0.1) is 6.92 Å². The first-order valence-corrected chi connectivity index (χ1v) is 8.29. The molecule has 118 valence electrons. The van der Waals surface area contributed by atoms with Gasteiger partial charge in [-0.15, -0.1) is 0 Å². The number of benzene rings is 2. The van der Waals surface area contributed by atoms with Crippen molar-refractivity contribution >= 4 is 26.8 Å². The fourth-order valence-electron chi connectivity index (χ4n) is 2.36. The minimum atomic E-state index is -3.74. The number of nitrogens with zero attached hydrogens (tertiary/aromatic N) is 1. The fraction of sp³-hybridized carbons (Fsp3) is 0.133. The van der Waals surface area contributed by atoms with Gasteiger partial charge in [-0.2, -0.15) is 0 Å². The molecule has 0 bridgehead atoms. The normalized spacial score (nSPS) is 13.4. The van der Waals surface area contributed by atoms with Crippen molar-refractivity contribution < 1.29 is 22.3 Å². The monoisotopic (exact) mass is 332 g/mol. The molecule has 0 fully saturated rings. The average Bonchev–Trinajstić information content (AvgIpc) is 3.10. The second-order valence-corrected chi connectivity index (χ2v) is 6.72. The number of anilines is 1. The van der Waals surface area contributed by atoms with Crippen LogP contribution in [0.15, 0.2) is 45.7 Å². The maximum atomic E-state index is 12.5. The van der Waals surface area contributed by atoms with Gasteiger partial charge in [0.15, 0.2) is 23.0 Å². The molecular formula is C15H12N2O5S. The molecule has 1 aromatic heterocycles. The summed E-state index contributed by atoms with van der Waals surface area (Å²) in [5, 5.41) is 0. The highest BCUT2D eigenvalue weighted by Crippen LogP contribution is 2.34. The Labute approximate surface area is 131 Å². The highest BCUT2D eigenvalue weighted by molar-refractivity contribution is 7.92. The van der Waals surface area contributed by atoms with E-state index in [4.69, 9.17) is 13.9 Å². The maximum absolute atomic E-state index is 12.5. The second kappa shape index (κ2) is 4.88. The molecule has 23 heavy (non-hydrogen) atoms. The van der Waals surface area contributed by atoms with Gasteiger partial charge in [-0.3, -0.25) is 4.72 Å². The lowest BCUT2D eigenvalue weighted by molar-refractivity contribution is 0.174. The third kappa shape index (κ3) is 2.46. The van der Waals surface area contributed by atoms with Crippen molar-refractivity contribution in [2.75, 3.05) is 11.5 Å². The Balaban J connectivity index is 1.67. The Kier molecular flexibility index (Phi) is 2.95. The lowest BCUT2D eigenvalue weighted by Gasteiger charge is -2.08. The summed E-state index contributed by atoms with van der Waals surface area (Å²) < 4.78 is 43.3.